The lowest BCUT2D eigenvalue weighted by atomic mass is 10.0. The number of esters is 1. The first-order valence-corrected chi connectivity index (χ1v) is 11.9. The van der Waals surface area contributed by atoms with Crippen LogP contribution < -0.4 is 5.32 Å². The van der Waals surface area contributed by atoms with Gasteiger partial charge in [-0.1, -0.05) is 54.1 Å². The van der Waals surface area contributed by atoms with Crippen molar-refractivity contribution in [3.63, 3.8) is 0 Å². The molecule has 0 bridgehead atoms. The number of ether oxygens (including phenoxy) is 1. The fourth-order valence-electron chi connectivity index (χ4n) is 3.84. The van der Waals surface area contributed by atoms with Crippen LogP contribution in [0.2, 0.25) is 5.02 Å². The van der Waals surface area contributed by atoms with Gasteiger partial charge in [0.25, 0.3) is 5.91 Å². The number of methoxy groups -OCH3 is 1. The summed E-state index contributed by atoms with van der Waals surface area (Å²) in [5, 5.41) is 22.9. The van der Waals surface area contributed by atoms with Gasteiger partial charge in [-0.15, -0.1) is 0 Å². The Morgan fingerprint density at radius 3 is 2.29 bits per heavy atom. The Hall–Kier alpha value is -4.69. The number of fused-ring (bicyclic) bond motifs is 1. The van der Waals surface area contributed by atoms with Crippen molar-refractivity contribution in [2.24, 2.45) is 0 Å². The van der Waals surface area contributed by atoms with E-state index < -0.39 is 23.9 Å². The van der Waals surface area contributed by atoms with Gasteiger partial charge < -0.3 is 20.3 Å². The lowest BCUT2D eigenvalue weighted by molar-refractivity contribution is -0.142. The molecule has 1 atom stereocenters. The minimum Gasteiger partial charge on any atom is -0.508 e. The first kappa shape index (κ1) is 26.4. The van der Waals surface area contributed by atoms with Crippen molar-refractivity contribution in [3.05, 3.63) is 106 Å². The number of benzene rings is 3. The summed E-state index contributed by atoms with van der Waals surface area (Å²) in [7, 11) is 1.20. The summed E-state index contributed by atoms with van der Waals surface area (Å²) in [6.07, 6.45) is 3.80. The van der Waals surface area contributed by atoms with E-state index in [1.807, 2.05) is 24.3 Å². The fourth-order valence-corrected chi connectivity index (χ4v) is 3.97. The SMILES string of the molecule is COC(=O)[C@H](Cc1ccc(O)cc1)NC(=O)c1cc(C(=O)O)c2cc(C=Cc3ccc(Cl)cc3)ccc2n1. The average molecular weight is 531 g/mol. The van der Waals surface area contributed by atoms with Gasteiger partial charge in [0, 0.05) is 16.8 Å². The maximum atomic E-state index is 13.1. The van der Waals surface area contributed by atoms with Crippen molar-refractivity contribution in [2.45, 2.75) is 12.5 Å². The van der Waals surface area contributed by atoms with Crippen molar-refractivity contribution in [2.75, 3.05) is 7.11 Å². The van der Waals surface area contributed by atoms with Gasteiger partial charge in [0.1, 0.15) is 17.5 Å². The zero-order valence-electron chi connectivity index (χ0n) is 20.2. The topological polar surface area (TPSA) is 126 Å². The molecule has 192 valence electrons. The van der Waals surface area contributed by atoms with E-state index in [1.54, 1.807) is 42.5 Å². The predicted octanol–water partition coefficient (Wildman–Crippen LogP) is 4.98. The molecule has 0 aliphatic rings. The van der Waals surface area contributed by atoms with Crippen molar-refractivity contribution in [1.82, 2.24) is 10.3 Å². The second kappa shape index (κ2) is 11.6. The number of phenolic OH excluding ortho intramolecular Hbond substituents is 1. The van der Waals surface area contributed by atoms with Crippen molar-refractivity contribution >= 4 is 52.5 Å². The molecule has 0 aliphatic carbocycles. The van der Waals surface area contributed by atoms with E-state index in [1.165, 1.54) is 25.3 Å². The summed E-state index contributed by atoms with van der Waals surface area (Å²) in [4.78, 5) is 41.8. The highest BCUT2D eigenvalue weighted by Crippen LogP contribution is 2.22. The van der Waals surface area contributed by atoms with E-state index in [0.29, 0.717) is 21.5 Å². The van der Waals surface area contributed by atoms with Crippen LogP contribution in [0.3, 0.4) is 0 Å². The first-order chi connectivity index (χ1) is 18.2. The number of carboxylic acids is 1. The first-order valence-electron chi connectivity index (χ1n) is 11.5. The molecule has 38 heavy (non-hydrogen) atoms. The molecule has 4 aromatic rings. The van der Waals surface area contributed by atoms with E-state index in [9.17, 15) is 24.6 Å². The number of aromatic hydroxyl groups is 1. The summed E-state index contributed by atoms with van der Waals surface area (Å²) in [6.45, 7) is 0. The number of aromatic carboxylic acids is 1. The van der Waals surface area contributed by atoms with E-state index >= 15 is 0 Å². The molecular weight excluding hydrogens is 508 g/mol. The quantitative estimate of drug-likeness (QED) is 0.217. The number of nitrogens with zero attached hydrogens (tertiary/aromatic N) is 1. The summed E-state index contributed by atoms with van der Waals surface area (Å²) in [6, 6.07) is 18.6. The average Bonchev–Trinajstić information content (AvgIpc) is 2.92. The third-order valence-corrected chi connectivity index (χ3v) is 6.05. The number of phenols is 1. The number of hydrogen-bond donors (Lipinski definition) is 3. The number of nitrogens with one attached hydrogen (secondary N) is 1. The second-order valence-electron chi connectivity index (χ2n) is 8.44. The Morgan fingerprint density at radius 1 is 0.974 bits per heavy atom. The number of rotatable bonds is 8. The molecule has 3 N–H and O–H groups in total. The van der Waals surface area contributed by atoms with Crippen LogP contribution in [0, 0.1) is 0 Å². The molecule has 0 unspecified atom stereocenters. The molecule has 0 fully saturated rings. The lowest BCUT2D eigenvalue weighted by Crippen LogP contribution is -2.43. The third kappa shape index (κ3) is 6.35. The smallest absolute Gasteiger partial charge is 0.336 e. The summed E-state index contributed by atoms with van der Waals surface area (Å²) in [5.74, 6) is -2.56. The van der Waals surface area contributed by atoms with Crippen LogP contribution in [0.5, 0.6) is 5.75 Å². The molecule has 1 aromatic heterocycles. The van der Waals surface area contributed by atoms with Crippen LogP contribution in [0.4, 0.5) is 0 Å². The normalized spacial score (nSPS) is 11.8. The Labute approximate surface area is 223 Å². The molecule has 0 saturated carbocycles. The highest BCUT2D eigenvalue weighted by molar-refractivity contribution is 6.30. The number of pyridine rings is 1. The Bertz CT molecular complexity index is 1530. The van der Waals surface area contributed by atoms with E-state index in [-0.39, 0.29) is 23.4 Å². The minimum atomic E-state index is -1.22. The molecule has 1 amide bonds. The number of carboxylic acid groups (broad SMARTS) is 1. The molecule has 0 spiro atoms. The van der Waals surface area contributed by atoms with Gasteiger partial charge in [-0.25, -0.2) is 14.6 Å². The predicted molar refractivity (Wildman–Crippen MR) is 144 cm³/mol. The van der Waals surface area contributed by atoms with Gasteiger partial charge in [-0.05, 0) is 59.2 Å². The van der Waals surface area contributed by atoms with Gasteiger partial charge in [0.2, 0.25) is 0 Å². The van der Waals surface area contributed by atoms with Crippen LogP contribution in [0.1, 0.15) is 37.5 Å². The Balaban J connectivity index is 1.62. The molecule has 9 heteroatoms. The number of carbonyl (C=O) groups excluding carboxylic acids is 2. The van der Waals surface area contributed by atoms with Gasteiger partial charge in [0.05, 0.1) is 18.2 Å². The largest absolute Gasteiger partial charge is 0.508 e. The standard InChI is InChI=1S/C29H23ClN2O6/c1-38-29(37)26(15-19-6-11-21(33)12-7-19)32-27(34)25-16-23(28(35)36)22-14-18(8-13-24(22)31-25)3-2-17-4-9-20(30)10-5-17/h2-14,16,26,33H,15H2,1H3,(H,32,34)(H,35,36)/t26-/m0/s1. The Morgan fingerprint density at radius 2 is 1.63 bits per heavy atom. The number of halogens is 1. The zero-order chi connectivity index (χ0) is 27.2. The molecule has 1 heterocycles. The number of aromatic nitrogens is 1. The fraction of sp³-hybridized carbons (Fsp3) is 0.103. The monoisotopic (exact) mass is 530 g/mol. The van der Waals surface area contributed by atoms with E-state index in [0.717, 1.165) is 11.1 Å². The second-order valence-corrected chi connectivity index (χ2v) is 8.88. The van der Waals surface area contributed by atoms with Gasteiger partial charge in [0.15, 0.2) is 0 Å². The molecule has 0 aliphatic heterocycles. The number of hydrogen-bond acceptors (Lipinski definition) is 6. The van der Waals surface area contributed by atoms with Crippen molar-refractivity contribution in [3.8, 4) is 5.75 Å². The summed E-state index contributed by atoms with van der Waals surface area (Å²) in [5.41, 5.74) is 2.40. The molecule has 4 rings (SSSR count). The van der Waals surface area contributed by atoms with Crippen molar-refractivity contribution in [1.29, 1.82) is 0 Å². The van der Waals surface area contributed by atoms with Gasteiger partial charge in [-0.3, -0.25) is 4.79 Å². The van der Waals surface area contributed by atoms with Crippen LogP contribution in [-0.2, 0) is 16.0 Å². The van der Waals surface area contributed by atoms with E-state index in [4.69, 9.17) is 16.3 Å². The Kier molecular flexibility index (Phi) is 8.03. The molecule has 8 nitrogen and oxygen atoms in total. The molecular formula is C29H23ClN2O6. The maximum Gasteiger partial charge on any atom is 0.336 e. The zero-order valence-corrected chi connectivity index (χ0v) is 21.0. The number of amides is 1. The highest BCUT2D eigenvalue weighted by atomic mass is 35.5. The third-order valence-electron chi connectivity index (χ3n) is 5.80. The highest BCUT2D eigenvalue weighted by Gasteiger charge is 2.24. The molecule has 0 radical (unpaired) electrons. The molecule has 0 saturated heterocycles. The summed E-state index contributed by atoms with van der Waals surface area (Å²) < 4.78 is 4.82. The lowest BCUT2D eigenvalue weighted by Gasteiger charge is -2.17. The maximum absolute atomic E-state index is 13.1. The number of carbonyl (C=O) groups is 3. The summed E-state index contributed by atoms with van der Waals surface area (Å²) >= 11 is 5.92. The van der Waals surface area contributed by atoms with Crippen LogP contribution >= 0.6 is 11.6 Å². The molecule has 3 aromatic carbocycles. The van der Waals surface area contributed by atoms with Crippen molar-refractivity contribution < 1.29 is 29.3 Å². The minimum absolute atomic E-state index is 0.0672. The van der Waals surface area contributed by atoms with Crippen LogP contribution in [0.15, 0.2) is 72.8 Å². The van der Waals surface area contributed by atoms with E-state index in [2.05, 4.69) is 10.3 Å². The van der Waals surface area contributed by atoms with Crippen LogP contribution in [-0.4, -0.2) is 46.2 Å². The van der Waals surface area contributed by atoms with Crippen LogP contribution in [0.25, 0.3) is 23.1 Å². The van der Waals surface area contributed by atoms with Gasteiger partial charge >= 0.3 is 11.9 Å². The van der Waals surface area contributed by atoms with Gasteiger partial charge in [-0.2, -0.15) is 0 Å².